The predicted octanol–water partition coefficient (Wildman–Crippen LogP) is 2.19. The van der Waals surface area contributed by atoms with Gasteiger partial charge in [-0.25, -0.2) is 0 Å². The SMILES string of the molecule is CSC1(CNC(=O)C2CC2)CCCC1. The molecule has 1 N–H and O–H groups in total. The van der Waals surface area contributed by atoms with Crippen LogP contribution in [0, 0.1) is 5.92 Å². The summed E-state index contributed by atoms with van der Waals surface area (Å²) in [7, 11) is 0. The number of hydrogen-bond acceptors (Lipinski definition) is 2. The van der Waals surface area contributed by atoms with Gasteiger partial charge in [-0.3, -0.25) is 4.79 Å². The zero-order chi connectivity index (χ0) is 10.0. The van der Waals surface area contributed by atoms with E-state index in [4.69, 9.17) is 0 Å². The lowest BCUT2D eigenvalue weighted by Gasteiger charge is -2.26. The average molecular weight is 213 g/mol. The Morgan fingerprint density at radius 3 is 2.57 bits per heavy atom. The van der Waals surface area contributed by atoms with Gasteiger partial charge in [-0.15, -0.1) is 0 Å². The molecule has 0 aromatic heterocycles. The Morgan fingerprint density at radius 1 is 1.43 bits per heavy atom. The lowest BCUT2D eigenvalue weighted by Crippen LogP contribution is -2.39. The Labute approximate surface area is 90.2 Å². The third-order valence-electron chi connectivity index (χ3n) is 3.48. The molecule has 3 heteroatoms. The molecule has 0 aliphatic heterocycles. The maximum absolute atomic E-state index is 11.5. The summed E-state index contributed by atoms with van der Waals surface area (Å²) in [4.78, 5) is 11.5. The zero-order valence-electron chi connectivity index (χ0n) is 8.84. The van der Waals surface area contributed by atoms with Crippen molar-refractivity contribution < 1.29 is 4.79 Å². The molecule has 2 nitrogen and oxygen atoms in total. The Bertz CT molecular complexity index is 219. The highest BCUT2D eigenvalue weighted by molar-refractivity contribution is 8.00. The maximum atomic E-state index is 11.5. The highest BCUT2D eigenvalue weighted by atomic mass is 32.2. The number of nitrogens with one attached hydrogen (secondary N) is 1. The van der Waals surface area contributed by atoms with Crippen LogP contribution in [0.3, 0.4) is 0 Å². The van der Waals surface area contributed by atoms with Crippen LogP contribution in [0.4, 0.5) is 0 Å². The lowest BCUT2D eigenvalue weighted by atomic mass is 10.1. The highest BCUT2D eigenvalue weighted by Crippen LogP contribution is 2.39. The van der Waals surface area contributed by atoms with Crippen LogP contribution in [0.5, 0.6) is 0 Å². The molecule has 0 radical (unpaired) electrons. The second kappa shape index (κ2) is 4.13. The van der Waals surface area contributed by atoms with Crippen LogP contribution in [0.2, 0.25) is 0 Å². The first-order chi connectivity index (χ1) is 6.76. The van der Waals surface area contributed by atoms with E-state index in [1.165, 1.54) is 25.7 Å². The van der Waals surface area contributed by atoms with Gasteiger partial charge in [0.2, 0.25) is 5.91 Å². The Balaban J connectivity index is 1.79. The molecule has 2 rings (SSSR count). The van der Waals surface area contributed by atoms with Crippen molar-refractivity contribution in [3.8, 4) is 0 Å². The van der Waals surface area contributed by atoms with Crippen LogP contribution < -0.4 is 5.32 Å². The minimum Gasteiger partial charge on any atom is -0.354 e. The van der Waals surface area contributed by atoms with Crippen LogP contribution in [-0.2, 0) is 4.79 Å². The fraction of sp³-hybridized carbons (Fsp3) is 0.909. The number of carbonyl (C=O) groups excluding carboxylic acids is 1. The van der Waals surface area contributed by atoms with Gasteiger partial charge >= 0.3 is 0 Å². The first-order valence-corrected chi connectivity index (χ1v) is 6.81. The van der Waals surface area contributed by atoms with E-state index in [0.717, 1.165) is 19.4 Å². The van der Waals surface area contributed by atoms with Crippen LogP contribution in [0.15, 0.2) is 0 Å². The van der Waals surface area contributed by atoms with Crippen molar-refractivity contribution in [2.45, 2.75) is 43.3 Å². The number of thioether (sulfide) groups is 1. The van der Waals surface area contributed by atoms with Crippen molar-refractivity contribution in [1.82, 2.24) is 5.32 Å². The Kier molecular flexibility index (Phi) is 3.05. The number of carbonyl (C=O) groups is 1. The van der Waals surface area contributed by atoms with Gasteiger partial charge in [0.05, 0.1) is 0 Å². The third kappa shape index (κ3) is 2.25. The van der Waals surface area contributed by atoms with Gasteiger partial charge in [0.25, 0.3) is 0 Å². The first kappa shape index (κ1) is 10.3. The lowest BCUT2D eigenvalue weighted by molar-refractivity contribution is -0.122. The van der Waals surface area contributed by atoms with E-state index in [1.807, 2.05) is 11.8 Å². The van der Waals surface area contributed by atoms with Crippen molar-refractivity contribution in [2.24, 2.45) is 5.92 Å². The van der Waals surface area contributed by atoms with Crippen LogP contribution in [0.25, 0.3) is 0 Å². The van der Waals surface area contributed by atoms with Gasteiger partial charge in [-0.05, 0) is 31.9 Å². The standard InChI is InChI=1S/C11H19NOS/c1-14-11(6-2-3-7-11)8-12-10(13)9-4-5-9/h9H,2-8H2,1H3,(H,12,13). The van der Waals surface area contributed by atoms with Crippen molar-refractivity contribution >= 4 is 17.7 Å². The van der Waals surface area contributed by atoms with E-state index >= 15 is 0 Å². The van der Waals surface area contributed by atoms with Crippen LogP contribution >= 0.6 is 11.8 Å². The molecule has 0 unspecified atom stereocenters. The molecular formula is C11H19NOS. The monoisotopic (exact) mass is 213 g/mol. The molecule has 2 saturated carbocycles. The van der Waals surface area contributed by atoms with E-state index in [0.29, 0.717) is 16.6 Å². The van der Waals surface area contributed by atoms with E-state index in [9.17, 15) is 4.79 Å². The minimum atomic E-state index is 0.297. The summed E-state index contributed by atoms with van der Waals surface area (Å²) in [5.41, 5.74) is 0. The molecule has 0 bridgehead atoms. The minimum absolute atomic E-state index is 0.297. The molecule has 0 atom stereocenters. The molecule has 1 amide bonds. The van der Waals surface area contributed by atoms with Crippen molar-refractivity contribution in [3.05, 3.63) is 0 Å². The second-order valence-corrected chi connectivity index (χ2v) is 5.86. The average Bonchev–Trinajstić information content (AvgIpc) is 2.95. The molecule has 0 aromatic rings. The number of amides is 1. The molecule has 2 aliphatic carbocycles. The van der Waals surface area contributed by atoms with Gasteiger partial charge < -0.3 is 5.32 Å². The molecule has 2 fully saturated rings. The predicted molar refractivity (Wildman–Crippen MR) is 60.4 cm³/mol. The molecule has 14 heavy (non-hydrogen) atoms. The van der Waals surface area contributed by atoms with E-state index in [2.05, 4.69) is 11.6 Å². The van der Waals surface area contributed by atoms with E-state index in [1.54, 1.807) is 0 Å². The number of rotatable bonds is 4. The molecule has 0 spiro atoms. The van der Waals surface area contributed by atoms with Gasteiger partial charge in [-0.2, -0.15) is 11.8 Å². The summed E-state index contributed by atoms with van der Waals surface area (Å²) in [6.45, 7) is 0.892. The van der Waals surface area contributed by atoms with Gasteiger partial charge in [-0.1, -0.05) is 12.8 Å². The quantitative estimate of drug-likeness (QED) is 0.775. The summed E-state index contributed by atoms with van der Waals surface area (Å²) in [6, 6.07) is 0. The van der Waals surface area contributed by atoms with Crippen molar-refractivity contribution in [2.75, 3.05) is 12.8 Å². The van der Waals surface area contributed by atoms with Crippen molar-refractivity contribution in [3.63, 3.8) is 0 Å². The van der Waals surface area contributed by atoms with Gasteiger partial charge in [0.1, 0.15) is 0 Å². The molecule has 2 aliphatic rings. The molecule has 80 valence electrons. The smallest absolute Gasteiger partial charge is 0.223 e. The van der Waals surface area contributed by atoms with Crippen LogP contribution in [-0.4, -0.2) is 23.5 Å². The third-order valence-corrected chi connectivity index (χ3v) is 4.90. The fourth-order valence-corrected chi connectivity index (χ4v) is 3.12. The van der Waals surface area contributed by atoms with Gasteiger partial charge in [0.15, 0.2) is 0 Å². The Morgan fingerprint density at radius 2 is 2.07 bits per heavy atom. The van der Waals surface area contributed by atoms with Gasteiger partial charge in [0, 0.05) is 17.2 Å². The summed E-state index contributed by atoms with van der Waals surface area (Å²) < 4.78 is 0.366. The van der Waals surface area contributed by atoms with E-state index in [-0.39, 0.29) is 0 Å². The zero-order valence-corrected chi connectivity index (χ0v) is 9.66. The summed E-state index contributed by atoms with van der Waals surface area (Å²) in [5.74, 6) is 0.653. The number of hydrogen-bond donors (Lipinski definition) is 1. The highest BCUT2D eigenvalue weighted by Gasteiger charge is 2.35. The molecular weight excluding hydrogens is 194 g/mol. The van der Waals surface area contributed by atoms with E-state index < -0.39 is 0 Å². The normalized spacial score (nSPS) is 24.9. The Hall–Kier alpha value is -0.180. The molecule has 0 aromatic carbocycles. The summed E-state index contributed by atoms with van der Waals surface area (Å²) in [5, 5.41) is 3.12. The maximum Gasteiger partial charge on any atom is 0.223 e. The van der Waals surface area contributed by atoms with Crippen LogP contribution in [0.1, 0.15) is 38.5 Å². The summed E-state index contributed by atoms with van der Waals surface area (Å²) in [6.07, 6.45) is 9.61. The first-order valence-electron chi connectivity index (χ1n) is 5.59. The molecule has 0 saturated heterocycles. The molecule has 0 heterocycles. The second-order valence-electron chi connectivity index (χ2n) is 4.59. The van der Waals surface area contributed by atoms with Crippen molar-refractivity contribution in [1.29, 1.82) is 0 Å². The fourth-order valence-electron chi connectivity index (χ4n) is 2.21. The topological polar surface area (TPSA) is 29.1 Å². The largest absolute Gasteiger partial charge is 0.354 e. The summed E-state index contributed by atoms with van der Waals surface area (Å²) >= 11 is 1.94.